The van der Waals surface area contributed by atoms with Gasteiger partial charge in [0.2, 0.25) is 5.91 Å². The van der Waals surface area contributed by atoms with Gasteiger partial charge in [-0.3, -0.25) is 4.79 Å². The molecule has 1 aliphatic rings. The SMILES string of the molecule is O=C(CCc1cccs1)NCC1(O)CCCCCC1. The van der Waals surface area contributed by atoms with Gasteiger partial charge in [-0.2, -0.15) is 0 Å². The predicted molar refractivity (Wildman–Crippen MR) is 78.3 cm³/mol. The van der Waals surface area contributed by atoms with Crippen molar-refractivity contribution in [3.05, 3.63) is 22.4 Å². The number of amides is 1. The molecule has 1 aliphatic carbocycles. The zero-order chi connectivity index (χ0) is 13.6. The molecule has 2 N–H and O–H groups in total. The minimum atomic E-state index is -0.672. The molecule has 0 unspecified atom stereocenters. The van der Waals surface area contributed by atoms with Crippen molar-refractivity contribution in [1.29, 1.82) is 0 Å². The summed E-state index contributed by atoms with van der Waals surface area (Å²) in [4.78, 5) is 13.0. The number of hydrogen-bond donors (Lipinski definition) is 2. The average molecular weight is 281 g/mol. The Kier molecular flexibility index (Phi) is 5.40. The van der Waals surface area contributed by atoms with E-state index in [-0.39, 0.29) is 5.91 Å². The molecular weight excluding hydrogens is 258 g/mol. The van der Waals surface area contributed by atoms with E-state index in [4.69, 9.17) is 0 Å². The number of hydrogen-bond acceptors (Lipinski definition) is 3. The Labute approximate surface area is 119 Å². The highest BCUT2D eigenvalue weighted by Crippen LogP contribution is 2.26. The molecule has 2 rings (SSSR count). The van der Waals surface area contributed by atoms with Crippen molar-refractivity contribution in [2.24, 2.45) is 0 Å². The Balaban J connectivity index is 1.70. The second-order valence-electron chi connectivity index (χ2n) is 5.49. The van der Waals surface area contributed by atoms with Crippen LogP contribution in [0.5, 0.6) is 0 Å². The number of carbonyl (C=O) groups excluding carboxylic acids is 1. The number of carbonyl (C=O) groups is 1. The molecule has 4 heteroatoms. The summed E-state index contributed by atoms with van der Waals surface area (Å²) >= 11 is 1.68. The lowest BCUT2D eigenvalue weighted by atomic mass is 9.94. The molecule has 106 valence electrons. The first-order valence-corrected chi connectivity index (χ1v) is 8.07. The third-order valence-corrected chi connectivity index (χ3v) is 4.76. The lowest BCUT2D eigenvalue weighted by Crippen LogP contribution is -2.42. The molecule has 1 aromatic rings. The van der Waals surface area contributed by atoms with Gasteiger partial charge in [0, 0.05) is 17.8 Å². The minimum absolute atomic E-state index is 0.0473. The smallest absolute Gasteiger partial charge is 0.220 e. The Hall–Kier alpha value is -0.870. The fourth-order valence-corrected chi connectivity index (χ4v) is 3.32. The first-order chi connectivity index (χ1) is 9.18. The molecule has 0 aliphatic heterocycles. The van der Waals surface area contributed by atoms with Gasteiger partial charge in [0.1, 0.15) is 0 Å². The van der Waals surface area contributed by atoms with Crippen LogP contribution in [0.2, 0.25) is 0 Å². The number of aliphatic hydroxyl groups is 1. The first-order valence-electron chi connectivity index (χ1n) is 7.19. The quantitative estimate of drug-likeness (QED) is 0.815. The summed E-state index contributed by atoms with van der Waals surface area (Å²) in [5.41, 5.74) is -0.672. The average Bonchev–Trinajstić information content (AvgIpc) is 2.83. The number of rotatable bonds is 5. The van der Waals surface area contributed by atoms with Crippen molar-refractivity contribution in [2.75, 3.05) is 6.54 Å². The Morgan fingerprint density at radius 3 is 2.68 bits per heavy atom. The van der Waals surface area contributed by atoms with Crippen LogP contribution in [-0.2, 0) is 11.2 Å². The van der Waals surface area contributed by atoms with E-state index in [0.717, 1.165) is 32.1 Å². The summed E-state index contributed by atoms with van der Waals surface area (Å²) in [6, 6.07) is 4.06. The topological polar surface area (TPSA) is 49.3 Å². The van der Waals surface area contributed by atoms with E-state index < -0.39 is 5.60 Å². The lowest BCUT2D eigenvalue weighted by Gasteiger charge is -2.26. The van der Waals surface area contributed by atoms with Gasteiger partial charge < -0.3 is 10.4 Å². The zero-order valence-corrected chi connectivity index (χ0v) is 12.2. The summed E-state index contributed by atoms with van der Waals surface area (Å²) in [5, 5.41) is 15.4. The molecule has 0 radical (unpaired) electrons. The summed E-state index contributed by atoms with van der Waals surface area (Å²) in [6.45, 7) is 0.413. The molecule has 0 aromatic carbocycles. The molecule has 0 spiro atoms. The Morgan fingerprint density at radius 2 is 2.05 bits per heavy atom. The largest absolute Gasteiger partial charge is 0.388 e. The third kappa shape index (κ3) is 4.96. The maximum Gasteiger partial charge on any atom is 0.220 e. The predicted octanol–water partition coefficient (Wildman–Crippen LogP) is 2.88. The van der Waals surface area contributed by atoms with Crippen molar-refractivity contribution < 1.29 is 9.90 Å². The highest BCUT2D eigenvalue weighted by atomic mass is 32.1. The number of thiophene rings is 1. The van der Waals surface area contributed by atoms with Crippen LogP contribution in [0.3, 0.4) is 0 Å². The molecule has 3 nitrogen and oxygen atoms in total. The molecule has 0 bridgehead atoms. The van der Waals surface area contributed by atoms with Gasteiger partial charge in [-0.1, -0.05) is 31.7 Å². The van der Waals surface area contributed by atoms with E-state index in [1.807, 2.05) is 11.4 Å². The summed E-state index contributed by atoms with van der Waals surface area (Å²) in [5.74, 6) is 0.0473. The van der Waals surface area contributed by atoms with Crippen molar-refractivity contribution in [3.8, 4) is 0 Å². The van der Waals surface area contributed by atoms with Gasteiger partial charge >= 0.3 is 0 Å². The van der Waals surface area contributed by atoms with Gasteiger partial charge in [-0.25, -0.2) is 0 Å². The second-order valence-corrected chi connectivity index (χ2v) is 6.53. The van der Waals surface area contributed by atoms with Gasteiger partial charge in [-0.15, -0.1) is 11.3 Å². The third-order valence-electron chi connectivity index (χ3n) is 3.83. The van der Waals surface area contributed by atoms with Crippen LogP contribution in [0.25, 0.3) is 0 Å². The number of aryl methyl sites for hydroxylation is 1. The van der Waals surface area contributed by atoms with Crippen LogP contribution >= 0.6 is 11.3 Å². The van der Waals surface area contributed by atoms with Crippen molar-refractivity contribution in [1.82, 2.24) is 5.32 Å². The van der Waals surface area contributed by atoms with Gasteiger partial charge in [0.15, 0.2) is 0 Å². The summed E-state index contributed by atoms with van der Waals surface area (Å²) < 4.78 is 0. The van der Waals surface area contributed by atoms with Gasteiger partial charge in [0.25, 0.3) is 0 Å². The highest BCUT2D eigenvalue weighted by molar-refractivity contribution is 7.09. The first kappa shape index (κ1) is 14.5. The molecule has 1 saturated carbocycles. The van der Waals surface area contributed by atoms with Gasteiger partial charge in [0.05, 0.1) is 5.60 Å². The molecule has 19 heavy (non-hydrogen) atoms. The Morgan fingerprint density at radius 1 is 1.32 bits per heavy atom. The zero-order valence-electron chi connectivity index (χ0n) is 11.4. The van der Waals surface area contributed by atoms with Crippen LogP contribution in [0, 0.1) is 0 Å². The minimum Gasteiger partial charge on any atom is -0.388 e. The van der Waals surface area contributed by atoms with E-state index in [9.17, 15) is 9.90 Å². The van der Waals surface area contributed by atoms with Crippen molar-refractivity contribution >= 4 is 17.2 Å². The van der Waals surface area contributed by atoms with Crippen LogP contribution in [0.1, 0.15) is 49.8 Å². The molecule has 1 amide bonds. The normalized spacial score (nSPS) is 18.8. The maximum atomic E-state index is 11.8. The fraction of sp³-hybridized carbons (Fsp3) is 0.667. The molecular formula is C15H23NO2S. The van der Waals surface area contributed by atoms with E-state index in [2.05, 4.69) is 11.4 Å². The van der Waals surface area contributed by atoms with Crippen LogP contribution in [0.4, 0.5) is 0 Å². The van der Waals surface area contributed by atoms with Crippen LogP contribution in [-0.4, -0.2) is 23.2 Å². The monoisotopic (exact) mass is 281 g/mol. The van der Waals surface area contributed by atoms with Crippen molar-refractivity contribution in [2.45, 2.75) is 57.0 Å². The molecule has 1 fully saturated rings. The Bertz CT molecular complexity index is 381. The number of nitrogens with one attached hydrogen (secondary N) is 1. The van der Waals surface area contributed by atoms with Crippen LogP contribution in [0.15, 0.2) is 17.5 Å². The fourth-order valence-electron chi connectivity index (χ4n) is 2.61. The molecule has 1 aromatic heterocycles. The maximum absolute atomic E-state index is 11.8. The standard InChI is InChI=1S/C15H23NO2S/c17-14(8-7-13-6-5-11-19-13)16-12-15(18)9-3-1-2-4-10-15/h5-6,11,18H,1-4,7-10,12H2,(H,16,17). The van der Waals surface area contributed by atoms with E-state index in [0.29, 0.717) is 13.0 Å². The van der Waals surface area contributed by atoms with Gasteiger partial charge in [-0.05, 0) is 30.7 Å². The van der Waals surface area contributed by atoms with Crippen molar-refractivity contribution in [3.63, 3.8) is 0 Å². The van der Waals surface area contributed by atoms with Crippen LogP contribution < -0.4 is 5.32 Å². The van der Waals surface area contributed by atoms with E-state index in [1.54, 1.807) is 11.3 Å². The summed E-state index contributed by atoms with van der Waals surface area (Å²) in [6.07, 6.45) is 7.49. The summed E-state index contributed by atoms with van der Waals surface area (Å²) in [7, 11) is 0. The molecule has 1 heterocycles. The molecule has 0 atom stereocenters. The molecule has 0 saturated heterocycles. The highest BCUT2D eigenvalue weighted by Gasteiger charge is 2.28. The van der Waals surface area contributed by atoms with E-state index >= 15 is 0 Å². The second kappa shape index (κ2) is 7.06. The lowest BCUT2D eigenvalue weighted by molar-refractivity contribution is -0.122. The van der Waals surface area contributed by atoms with E-state index in [1.165, 1.54) is 17.7 Å².